The molecule has 0 saturated heterocycles. The molecule has 17 heavy (non-hydrogen) atoms. The van der Waals surface area contributed by atoms with Gasteiger partial charge in [-0.1, -0.05) is 36.4 Å². The summed E-state index contributed by atoms with van der Waals surface area (Å²) in [5.74, 6) is 0.405. The molecule has 0 fully saturated rings. The third-order valence-electron chi connectivity index (χ3n) is 2.89. The second-order valence-electron chi connectivity index (χ2n) is 3.77. The number of hydrogen-bond donors (Lipinski definition) is 0. The Morgan fingerprint density at radius 2 is 1.59 bits per heavy atom. The lowest BCUT2D eigenvalue weighted by Gasteiger charge is -2.05. The Kier molecular flexibility index (Phi) is 2.05. The molecule has 0 spiro atoms. The van der Waals surface area contributed by atoms with Crippen LogP contribution in [0.5, 0.6) is 5.75 Å². The van der Waals surface area contributed by atoms with Crippen LogP contribution in [0.15, 0.2) is 42.5 Å². The van der Waals surface area contributed by atoms with Crippen LogP contribution in [0.2, 0.25) is 0 Å². The first kappa shape index (κ1) is 9.78. The molecule has 2 aromatic carbocycles. The fourth-order valence-corrected chi connectivity index (χ4v) is 2.19. The van der Waals surface area contributed by atoms with Crippen molar-refractivity contribution in [2.45, 2.75) is 0 Å². The molecule has 1 aliphatic carbocycles. The van der Waals surface area contributed by atoms with Gasteiger partial charge in [0, 0.05) is 16.7 Å². The van der Waals surface area contributed by atoms with Crippen LogP contribution in [0.25, 0.3) is 11.1 Å². The fraction of sp³-hybridized carbons (Fsp3) is 0. The highest BCUT2D eigenvalue weighted by atomic mass is 16.5. The van der Waals surface area contributed by atoms with Gasteiger partial charge in [0.2, 0.25) is 0 Å². The second kappa shape index (κ2) is 3.56. The van der Waals surface area contributed by atoms with Crippen LogP contribution in [0, 0.1) is 0 Å². The van der Waals surface area contributed by atoms with Gasteiger partial charge < -0.3 is 4.74 Å². The van der Waals surface area contributed by atoms with E-state index >= 15 is 0 Å². The van der Waals surface area contributed by atoms with E-state index in [9.17, 15) is 9.59 Å². The Morgan fingerprint density at radius 3 is 2.35 bits per heavy atom. The monoisotopic (exact) mass is 224 g/mol. The van der Waals surface area contributed by atoms with Crippen molar-refractivity contribution in [1.29, 1.82) is 0 Å². The van der Waals surface area contributed by atoms with Crippen molar-refractivity contribution in [2.75, 3.05) is 0 Å². The molecule has 0 N–H and O–H groups in total. The highest BCUT2D eigenvalue weighted by Crippen LogP contribution is 2.42. The maximum absolute atomic E-state index is 12.1. The predicted molar refractivity (Wildman–Crippen MR) is 62.0 cm³/mol. The van der Waals surface area contributed by atoms with Crippen molar-refractivity contribution < 1.29 is 14.3 Å². The van der Waals surface area contributed by atoms with Crippen molar-refractivity contribution in [3.63, 3.8) is 0 Å². The molecule has 0 unspecified atom stereocenters. The minimum absolute atomic E-state index is 0.0213. The van der Waals surface area contributed by atoms with E-state index in [0.717, 1.165) is 5.56 Å². The molecule has 3 heteroatoms. The standard InChI is InChI=1S/C14H8O3/c15-8-17-12-7-3-6-11-13(12)9-4-1-2-5-10(9)14(11)16/h1-8H. The highest BCUT2D eigenvalue weighted by molar-refractivity contribution is 6.22. The Morgan fingerprint density at radius 1 is 0.882 bits per heavy atom. The van der Waals surface area contributed by atoms with E-state index in [1.165, 1.54) is 0 Å². The molecule has 3 rings (SSSR count). The van der Waals surface area contributed by atoms with Gasteiger partial charge in [-0.2, -0.15) is 0 Å². The highest BCUT2D eigenvalue weighted by Gasteiger charge is 2.28. The van der Waals surface area contributed by atoms with Crippen LogP contribution in [0.4, 0.5) is 0 Å². The molecule has 1 aliphatic rings. The smallest absolute Gasteiger partial charge is 0.298 e. The third-order valence-corrected chi connectivity index (χ3v) is 2.89. The summed E-state index contributed by atoms with van der Waals surface area (Å²) in [6.45, 7) is 0.376. The quantitative estimate of drug-likeness (QED) is 0.628. The normalized spacial score (nSPS) is 11.9. The van der Waals surface area contributed by atoms with Crippen molar-refractivity contribution in [3.05, 3.63) is 53.6 Å². The molecule has 2 aromatic rings. The minimum atomic E-state index is -0.0213. The molecule has 0 heterocycles. The molecule has 82 valence electrons. The van der Waals surface area contributed by atoms with Crippen LogP contribution in [0.1, 0.15) is 15.9 Å². The van der Waals surface area contributed by atoms with Gasteiger partial charge in [0.25, 0.3) is 6.47 Å². The average Bonchev–Trinajstić information content (AvgIpc) is 2.66. The van der Waals surface area contributed by atoms with Crippen LogP contribution in [0.3, 0.4) is 0 Å². The zero-order valence-corrected chi connectivity index (χ0v) is 8.84. The van der Waals surface area contributed by atoms with Crippen molar-refractivity contribution in [2.24, 2.45) is 0 Å². The molecular weight excluding hydrogens is 216 g/mol. The largest absolute Gasteiger partial charge is 0.428 e. The van der Waals surface area contributed by atoms with E-state index in [1.807, 2.05) is 18.2 Å². The van der Waals surface area contributed by atoms with E-state index in [4.69, 9.17) is 4.74 Å². The van der Waals surface area contributed by atoms with E-state index in [1.54, 1.807) is 24.3 Å². The predicted octanol–water partition coefficient (Wildman–Crippen LogP) is 2.43. The van der Waals surface area contributed by atoms with E-state index < -0.39 is 0 Å². The second-order valence-corrected chi connectivity index (χ2v) is 3.77. The Hall–Kier alpha value is -2.42. The zero-order chi connectivity index (χ0) is 11.8. The molecule has 0 radical (unpaired) electrons. The van der Waals surface area contributed by atoms with Gasteiger partial charge in [-0.05, 0) is 11.6 Å². The van der Waals surface area contributed by atoms with E-state index in [0.29, 0.717) is 28.9 Å². The summed E-state index contributed by atoms with van der Waals surface area (Å²) in [7, 11) is 0. The lowest BCUT2D eigenvalue weighted by atomic mass is 10.1. The molecule has 0 amide bonds. The van der Waals surface area contributed by atoms with E-state index in [-0.39, 0.29) is 5.78 Å². The Balaban J connectivity index is 2.33. The number of carbonyl (C=O) groups is 2. The molecule has 0 aliphatic heterocycles. The van der Waals surface area contributed by atoms with Gasteiger partial charge in [-0.3, -0.25) is 9.59 Å². The summed E-state index contributed by atoms with van der Waals surface area (Å²) in [6, 6.07) is 12.5. The van der Waals surface area contributed by atoms with Gasteiger partial charge in [-0.15, -0.1) is 0 Å². The fourth-order valence-electron chi connectivity index (χ4n) is 2.19. The van der Waals surface area contributed by atoms with Crippen LogP contribution in [-0.4, -0.2) is 12.3 Å². The first-order chi connectivity index (χ1) is 8.33. The third kappa shape index (κ3) is 1.29. The summed E-state index contributed by atoms with van der Waals surface area (Å²) >= 11 is 0. The molecule has 0 atom stereocenters. The maximum Gasteiger partial charge on any atom is 0.298 e. The Labute approximate surface area is 97.6 Å². The number of ketones is 1. The minimum Gasteiger partial charge on any atom is -0.428 e. The topological polar surface area (TPSA) is 43.4 Å². The van der Waals surface area contributed by atoms with Gasteiger partial charge in [0.15, 0.2) is 5.78 Å². The van der Waals surface area contributed by atoms with Gasteiger partial charge in [-0.25, -0.2) is 0 Å². The molecule has 0 bridgehead atoms. The summed E-state index contributed by atoms with van der Waals surface area (Å²) in [5, 5.41) is 0. The maximum atomic E-state index is 12.1. The molecular formula is C14H8O3. The number of hydrogen-bond acceptors (Lipinski definition) is 3. The van der Waals surface area contributed by atoms with Crippen LogP contribution >= 0.6 is 0 Å². The number of rotatable bonds is 2. The first-order valence-corrected chi connectivity index (χ1v) is 5.20. The zero-order valence-electron chi connectivity index (χ0n) is 8.84. The van der Waals surface area contributed by atoms with Gasteiger partial charge in [0.05, 0.1) is 0 Å². The lowest BCUT2D eigenvalue weighted by molar-refractivity contribution is -0.120. The number of carbonyl (C=O) groups excluding carboxylic acids is 2. The number of benzene rings is 2. The number of fused-ring (bicyclic) bond motifs is 3. The molecule has 3 nitrogen and oxygen atoms in total. The lowest BCUT2D eigenvalue weighted by Crippen LogP contribution is -1.95. The van der Waals surface area contributed by atoms with Gasteiger partial charge >= 0.3 is 0 Å². The summed E-state index contributed by atoms with van der Waals surface area (Å²) in [4.78, 5) is 22.6. The summed E-state index contributed by atoms with van der Waals surface area (Å²) in [6.07, 6.45) is 0. The van der Waals surface area contributed by atoms with Crippen molar-refractivity contribution >= 4 is 12.3 Å². The van der Waals surface area contributed by atoms with Gasteiger partial charge in [0.1, 0.15) is 5.75 Å². The molecule has 0 saturated carbocycles. The van der Waals surface area contributed by atoms with Crippen molar-refractivity contribution in [3.8, 4) is 16.9 Å². The summed E-state index contributed by atoms with van der Waals surface area (Å²) < 4.78 is 4.92. The Bertz CT molecular complexity index is 629. The van der Waals surface area contributed by atoms with Crippen LogP contribution < -0.4 is 4.74 Å². The summed E-state index contributed by atoms with van der Waals surface area (Å²) in [5.41, 5.74) is 2.78. The van der Waals surface area contributed by atoms with Crippen LogP contribution in [-0.2, 0) is 4.79 Å². The van der Waals surface area contributed by atoms with Crippen molar-refractivity contribution in [1.82, 2.24) is 0 Å². The SMILES string of the molecule is O=COc1cccc2c1-c1ccccc1C2=O. The number of ether oxygens (including phenoxy) is 1. The average molecular weight is 224 g/mol. The van der Waals surface area contributed by atoms with E-state index in [2.05, 4.69) is 0 Å². The molecule has 0 aromatic heterocycles. The first-order valence-electron chi connectivity index (χ1n) is 5.20.